The summed E-state index contributed by atoms with van der Waals surface area (Å²) in [6.45, 7) is 0. The van der Waals surface area contributed by atoms with Crippen molar-refractivity contribution in [2.24, 2.45) is 0 Å². The molecule has 0 atom stereocenters. The maximum Gasteiger partial charge on any atom is 0.0619 e. The Labute approximate surface area is 259 Å². The highest BCUT2D eigenvalue weighted by Crippen LogP contribution is 2.39. The minimum Gasteiger partial charge on any atom is -0.317 e. The summed E-state index contributed by atoms with van der Waals surface area (Å²) >= 11 is 0. The maximum absolute atomic E-state index is 2.42. The maximum atomic E-state index is 2.42. The average molecular weight is 574 g/mol. The molecule has 0 aliphatic carbocycles. The molecule has 0 fully saturated rings. The van der Waals surface area contributed by atoms with Crippen molar-refractivity contribution in [2.45, 2.75) is 0 Å². The van der Waals surface area contributed by atoms with Crippen molar-refractivity contribution in [1.29, 1.82) is 0 Å². The lowest BCUT2D eigenvalue weighted by molar-refractivity contribution is 1.11. The van der Waals surface area contributed by atoms with Crippen molar-refractivity contribution in [2.75, 3.05) is 0 Å². The molecule has 10 aromatic rings. The van der Waals surface area contributed by atoms with Gasteiger partial charge in [0.05, 0.1) is 27.6 Å². The fraction of sp³-hybridized carbons (Fsp3) is 0. The molecule has 0 amide bonds. The van der Waals surface area contributed by atoms with Crippen LogP contribution in [0.1, 0.15) is 0 Å². The molecule has 7 aromatic carbocycles. The van der Waals surface area contributed by atoms with E-state index < -0.39 is 0 Å². The van der Waals surface area contributed by atoms with Crippen LogP contribution in [0.2, 0.25) is 0 Å². The van der Waals surface area contributed by atoms with Crippen molar-refractivity contribution in [1.82, 2.24) is 13.7 Å². The van der Waals surface area contributed by atoms with Crippen LogP contribution in [0.4, 0.5) is 0 Å². The predicted molar refractivity (Wildman–Crippen MR) is 189 cm³/mol. The molecule has 210 valence electrons. The minimum atomic E-state index is 1.15. The highest BCUT2D eigenvalue weighted by Gasteiger charge is 2.17. The summed E-state index contributed by atoms with van der Waals surface area (Å²) in [5, 5.41) is 8.90. The van der Waals surface area contributed by atoms with E-state index in [1.807, 2.05) is 0 Å². The molecule has 10 rings (SSSR count). The number of rotatable bonds is 3. The third-order valence-electron chi connectivity index (χ3n) is 9.48. The lowest BCUT2D eigenvalue weighted by Crippen LogP contribution is -1.96. The Kier molecular flexibility index (Phi) is 5.00. The van der Waals surface area contributed by atoms with Gasteiger partial charge in [-0.2, -0.15) is 0 Å². The van der Waals surface area contributed by atoms with E-state index in [9.17, 15) is 0 Å². The molecule has 3 nitrogen and oxygen atoms in total. The Balaban J connectivity index is 1.15. The van der Waals surface area contributed by atoms with Gasteiger partial charge in [-0.3, -0.25) is 0 Å². The number of para-hydroxylation sites is 4. The van der Waals surface area contributed by atoms with Gasteiger partial charge in [-0.1, -0.05) is 91.0 Å². The fourth-order valence-electron chi connectivity index (χ4n) is 7.52. The van der Waals surface area contributed by atoms with Crippen LogP contribution in [0.25, 0.3) is 82.3 Å². The zero-order valence-electron chi connectivity index (χ0n) is 24.4. The van der Waals surface area contributed by atoms with Gasteiger partial charge in [0.15, 0.2) is 0 Å². The van der Waals surface area contributed by atoms with Gasteiger partial charge in [0, 0.05) is 55.6 Å². The van der Waals surface area contributed by atoms with Gasteiger partial charge in [-0.05, 0) is 72.1 Å². The molecular formula is C42H27N3. The van der Waals surface area contributed by atoms with Crippen LogP contribution >= 0.6 is 0 Å². The number of hydrogen-bond donors (Lipinski definition) is 0. The molecule has 3 heterocycles. The van der Waals surface area contributed by atoms with E-state index >= 15 is 0 Å². The quantitative estimate of drug-likeness (QED) is 0.200. The summed E-state index contributed by atoms with van der Waals surface area (Å²) in [6.07, 6.45) is 2.20. The Hall–Kier alpha value is -6.06. The van der Waals surface area contributed by atoms with E-state index in [1.165, 1.54) is 71.0 Å². The summed E-state index contributed by atoms with van der Waals surface area (Å²) in [7, 11) is 0. The molecule has 0 N–H and O–H groups in total. The third-order valence-corrected chi connectivity index (χ3v) is 9.48. The van der Waals surface area contributed by atoms with Gasteiger partial charge in [-0.15, -0.1) is 0 Å². The lowest BCUT2D eigenvalue weighted by atomic mass is 10.0. The van der Waals surface area contributed by atoms with Crippen molar-refractivity contribution in [3.8, 4) is 17.1 Å². The summed E-state index contributed by atoms with van der Waals surface area (Å²) in [4.78, 5) is 0. The van der Waals surface area contributed by atoms with Gasteiger partial charge in [0.25, 0.3) is 0 Å². The number of aromatic nitrogens is 3. The molecule has 0 unspecified atom stereocenters. The summed E-state index contributed by atoms with van der Waals surface area (Å²) in [5.41, 5.74) is 9.62. The van der Waals surface area contributed by atoms with E-state index in [-0.39, 0.29) is 0 Å². The monoisotopic (exact) mass is 573 g/mol. The van der Waals surface area contributed by atoms with Crippen molar-refractivity contribution < 1.29 is 0 Å². The molecule has 3 heteroatoms. The molecule has 0 saturated heterocycles. The third kappa shape index (κ3) is 3.41. The van der Waals surface area contributed by atoms with Gasteiger partial charge < -0.3 is 13.7 Å². The fourth-order valence-corrected chi connectivity index (χ4v) is 7.52. The first-order valence-corrected chi connectivity index (χ1v) is 15.5. The van der Waals surface area contributed by atoms with Crippen LogP contribution in [0.15, 0.2) is 164 Å². The second-order valence-corrected chi connectivity index (χ2v) is 11.8. The van der Waals surface area contributed by atoms with Crippen LogP contribution in [0, 0.1) is 0 Å². The summed E-state index contributed by atoms with van der Waals surface area (Å²) in [5.74, 6) is 0. The number of hydrogen-bond acceptors (Lipinski definition) is 0. The Morgan fingerprint density at radius 1 is 0.267 bits per heavy atom. The van der Waals surface area contributed by atoms with Gasteiger partial charge in [-0.25, -0.2) is 0 Å². The second-order valence-electron chi connectivity index (χ2n) is 11.8. The van der Waals surface area contributed by atoms with Crippen LogP contribution in [0.3, 0.4) is 0 Å². The van der Waals surface area contributed by atoms with Crippen molar-refractivity contribution in [3.63, 3.8) is 0 Å². The SMILES string of the molecule is c1ccc(-n2c3ccccc3c3ccc4c5ccn(-c6ccc(-n7c8ccccc8c8ccccc87)cc6)c5ccc4c32)cc1. The van der Waals surface area contributed by atoms with Crippen LogP contribution in [-0.4, -0.2) is 13.7 Å². The smallest absolute Gasteiger partial charge is 0.0619 e. The van der Waals surface area contributed by atoms with E-state index in [1.54, 1.807) is 0 Å². The Morgan fingerprint density at radius 3 is 1.42 bits per heavy atom. The highest BCUT2D eigenvalue weighted by molar-refractivity contribution is 6.23. The number of nitrogens with zero attached hydrogens (tertiary/aromatic N) is 3. The standard InChI is InChI=1S/C42H27N3/c1-2-10-29(11-3-1)45-41-17-9-6-14-34(41)37-23-22-31-35-26-27-43(38(35)25-24-36(31)42(37)45)28-18-20-30(21-19-28)44-39-15-7-4-12-32(39)33-13-5-8-16-40(33)44/h1-27H. The van der Waals surface area contributed by atoms with Gasteiger partial charge in [0.1, 0.15) is 0 Å². The molecule has 0 radical (unpaired) electrons. The minimum absolute atomic E-state index is 1.15. The van der Waals surface area contributed by atoms with E-state index in [0.29, 0.717) is 0 Å². The van der Waals surface area contributed by atoms with Crippen LogP contribution in [0.5, 0.6) is 0 Å². The first-order valence-electron chi connectivity index (χ1n) is 15.5. The van der Waals surface area contributed by atoms with E-state index in [2.05, 4.69) is 178 Å². The van der Waals surface area contributed by atoms with Crippen LogP contribution in [-0.2, 0) is 0 Å². The normalized spacial score (nSPS) is 12.0. The van der Waals surface area contributed by atoms with Gasteiger partial charge in [0.2, 0.25) is 0 Å². The second kappa shape index (κ2) is 9.22. The molecule has 0 aliphatic heterocycles. The predicted octanol–water partition coefficient (Wildman–Crippen LogP) is 11.0. The molecule has 3 aromatic heterocycles. The molecule has 45 heavy (non-hydrogen) atoms. The highest BCUT2D eigenvalue weighted by atomic mass is 15.0. The molecule has 0 spiro atoms. The number of fused-ring (bicyclic) bond motifs is 10. The zero-order valence-corrected chi connectivity index (χ0v) is 24.4. The van der Waals surface area contributed by atoms with Gasteiger partial charge >= 0.3 is 0 Å². The van der Waals surface area contributed by atoms with Crippen molar-refractivity contribution in [3.05, 3.63) is 164 Å². The van der Waals surface area contributed by atoms with E-state index in [0.717, 1.165) is 11.4 Å². The number of benzene rings is 7. The summed E-state index contributed by atoms with van der Waals surface area (Å²) in [6, 6.07) is 57.2. The Morgan fingerprint density at radius 2 is 0.733 bits per heavy atom. The largest absolute Gasteiger partial charge is 0.317 e. The van der Waals surface area contributed by atoms with Crippen molar-refractivity contribution >= 4 is 65.3 Å². The van der Waals surface area contributed by atoms with Crippen LogP contribution < -0.4 is 0 Å². The average Bonchev–Trinajstić information content (AvgIpc) is 3.79. The first-order chi connectivity index (χ1) is 22.3. The zero-order chi connectivity index (χ0) is 29.5. The lowest BCUT2D eigenvalue weighted by Gasteiger charge is -2.12. The molecule has 0 saturated carbocycles. The van der Waals surface area contributed by atoms with E-state index in [4.69, 9.17) is 0 Å². The molecule has 0 bridgehead atoms. The topological polar surface area (TPSA) is 14.8 Å². The molecule has 0 aliphatic rings. The Bertz CT molecular complexity index is 2690. The molecular weight excluding hydrogens is 546 g/mol. The first kappa shape index (κ1) is 24.4. The summed E-state index contributed by atoms with van der Waals surface area (Å²) < 4.78 is 7.09.